The molecule has 1 saturated heterocycles. The second kappa shape index (κ2) is 6.18. The van der Waals surface area contributed by atoms with E-state index in [0.717, 1.165) is 46.2 Å². The Morgan fingerprint density at radius 2 is 2.17 bits per heavy atom. The first-order chi connectivity index (χ1) is 14.2. The number of benzene rings is 2. The number of aromatic nitrogens is 3. The number of carbonyl (C=O) groups excluding carboxylic acids is 1. The fraction of sp³-hybridized carbons (Fsp3) is 0.286. The summed E-state index contributed by atoms with van der Waals surface area (Å²) in [7, 11) is 0. The number of carbonyl (C=O) groups is 1. The molecule has 2 atom stereocenters. The number of likely N-dealkylation sites (tertiary alicyclic amines) is 1. The summed E-state index contributed by atoms with van der Waals surface area (Å²) in [5.41, 5.74) is 11.3. The molecular weight excluding hydrogens is 384 g/mol. The standard InChI is InChI=1S/C21H20N6OS/c22-21-25-14-4-3-11(8-18(14)29-21)16-9-17(27-7-1-2-19(27)28)20-12-10-23-26-13(12)5-6-15(20)24-16/h3-6,8,10,16-17,24H,1-2,7,9H2,(H2,22,25)(H,23,26)/t16-,17?/m1/s1. The number of nitrogens with two attached hydrogens (primary N) is 1. The quantitative estimate of drug-likeness (QED) is 0.469. The van der Waals surface area contributed by atoms with Crippen LogP contribution in [0.15, 0.2) is 36.5 Å². The van der Waals surface area contributed by atoms with Gasteiger partial charge in [0.1, 0.15) is 0 Å². The van der Waals surface area contributed by atoms with Crippen molar-refractivity contribution in [1.82, 2.24) is 20.1 Å². The van der Waals surface area contributed by atoms with Gasteiger partial charge in [0.05, 0.1) is 34.0 Å². The molecule has 146 valence electrons. The van der Waals surface area contributed by atoms with Crippen molar-refractivity contribution in [3.63, 3.8) is 0 Å². The van der Waals surface area contributed by atoms with Gasteiger partial charge in [0, 0.05) is 29.6 Å². The van der Waals surface area contributed by atoms with Crippen LogP contribution < -0.4 is 11.1 Å². The number of nitrogens with zero attached hydrogens (tertiary/aromatic N) is 3. The predicted molar refractivity (Wildman–Crippen MR) is 115 cm³/mol. The van der Waals surface area contributed by atoms with Crippen LogP contribution in [0.3, 0.4) is 0 Å². The maximum Gasteiger partial charge on any atom is 0.223 e. The Balaban J connectivity index is 1.47. The summed E-state index contributed by atoms with van der Waals surface area (Å²) in [6.07, 6.45) is 4.26. The van der Waals surface area contributed by atoms with Crippen LogP contribution in [0.2, 0.25) is 0 Å². The lowest BCUT2D eigenvalue weighted by Gasteiger charge is -2.38. The molecule has 2 aromatic carbocycles. The third-order valence-electron chi connectivity index (χ3n) is 6.11. The summed E-state index contributed by atoms with van der Waals surface area (Å²) in [6.45, 7) is 0.814. The smallest absolute Gasteiger partial charge is 0.223 e. The van der Waals surface area contributed by atoms with Crippen molar-refractivity contribution in [3.8, 4) is 0 Å². The van der Waals surface area contributed by atoms with Crippen LogP contribution in [0.4, 0.5) is 10.8 Å². The van der Waals surface area contributed by atoms with E-state index in [2.05, 4.69) is 43.6 Å². The molecule has 4 heterocycles. The summed E-state index contributed by atoms with van der Waals surface area (Å²) >= 11 is 1.51. The number of hydrogen-bond acceptors (Lipinski definition) is 6. The molecule has 0 aliphatic carbocycles. The van der Waals surface area contributed by atoms with Gasteiger partial charge in [-0.1, -0.05) is 17.4 Å². The molecule has 29 heavy (non-hydrogen) atoms. The van der Waals surface area contributed by atoms with Crippen LogP contribution in [-0.2, 0) is 4.79 Å². The van der Waals surface area contributed by atoms with E-state index in [1.54, 1.807) is 0 Å². The lowest BCUT2D eigenvalue weighted by atomic mass is 9.86. The maximum atomic E-state index is 12.6. The topological polar surface area (TPSA) is 99.9 Å². The molecule has 8 heteroatoms. The first kappa shape index (κ1) is 16.8. The van der Waals surface area contributed by atoms with Crippen molar-refractivity contribution in [1.29, 1.82) is 0 Å². The predicted octanol–water partition coefficient (Wildman–Crippen LogP) is 3.98. The fourth-order valence-corrected chi connectivity index (χ4v) is 5.57. The Morgan fingerprint density at radius 1 is 1.24 bits per heavy atom. The van der Waals surface area contributed by atoms with E-state index in [-0.39, 0.29) is 18.0 Å². The van der Waals surface area contributed by atoms with E-state index < -0.39 is 0 Å². The van der Waals surface area contributed by atoms with Crippen molar-refractivity contribution in [2.24, 2.45) is 0 Å². The minimum atomic E-state index is 0.0368. The van der Waals surface area contributed by atoms with Gasteiger partial charge in [0.25, 0.3) is 0 Å². The number of nitrogens with one attached hydrogen (secondary N) is 2. The summed E-state index contributed by atoms with van der Waals surface area (Å²) < 4.78 is 1.09. The number of fused-ring (bicyclic) bond motifs is 4. The number of amides is 1. The van der Waals surface area contributed by atoms with Crippen LogP contribution in [-0.4, -0.2) is 32.5 Å². The van der Waals surface area contributed by atoms with Gasteiger partial charge in [-0.15, -0.1) is 0 Å². The molecule has 2 aliphatic rings. The van der Waals surface area contributed by atoms with Gasteiger partial charge in [0.2, 0.25) is 5.91 Å². The van der Waals surface area contributed by atoms with Gasteiger partial charge >= 0.3 is 0 Å². The number of thiazole rings is 1. The minimum absolute atomic E-state index is 0.0368. The van der Waals surface area contributed by atoms with Gasteiger partial charge in [-0.05, 0) is 42.7 Å². The van der Waals surface area contributed by atoms with E-state index in [1.165, 1.54) is 22.5 Å². The van der Waals surface area contributed by atoms with E-state index >= 15 is 0 Å². The molecule has 7 nitrogen and oxygen atoms in total. The van der Waals surface area contributed by atoms with Gasteiger partial charge in [-0.2, -0.15) is 5.10 Å². The minimum Gasteiger partial charge on any atom is -0.378 e. The third kappa shape index (κ3) is 2.59. The number of H-pyrrole nitrogens is 1. The molecule has 2 aromatic heterocycles. The zero-order valence-electron chi connectivity index (χ0n) is 15.7. The van der Waals surface area contributed by atoms with Crippen molar-refractivity contribution in [2.45, 2.75) is 31.3 Å². The number of rotatable bonds is 2. The molecule has 6 rings (SSSR count). The number of anilines is 2. The van der Waals surface area contributed by atoms with E-state index in [1.807, 2.05) is 18.3 Å². The highest BCUT2D eigenvalue weighted by molar-refractivity contribution is 7.22. The average molecular weight is 404 g/mol. The fourth-order valence-electron chi connectivity index (χ4n) is 4.79. The molecule has 0 radical (unpaired) electrons. The number of nitrogen functional groups attached to an aromatic ring is 1. The first-order valence-electron chi connectivity index (χ1n) is 9.85. The van der Waals surface area contributed by atoms with E-state index in [4.69, 9.17) is 5.73 Å². The maximum absolute atomic E-state index is 12.6. The Labute approximate surface area is 170 Å². The summed E-state index contributed by atoms with van der Waals surface area (Å²) in [5, 5.41) is 12.7. The lowest BCUT2D eigenvalue weighted by molar-refractivity contribution is -0.130. The first-order valence-corrected chi connectivity index (χ1v) is 10.7. The normalized spacial score (nSPS) is 21.7. The highest BCUT2D eigenvalue weighted by Crippen LogP contribution is 2.46. The molecule has 4 N–H and O–H groups in total. The molecule has 0 spiro atoms. The number of aromatic amines is 1. The second-order valence-electron chi connectivity index (χ2n) is 7.78. The van der Waals surface area contributed by atoms with Crippen molar-refractivity contribution >= 4 is 49.2 Å². The molecule has 0 saturated carbocycles. The number of hydrogen-bond donors (Lipinski definition) is 3. The third-order valence-corrected chi connectivity index (χ3v) is 6.95. The zero-order valence-corrected chi connectivity index (χ0v) is 16.5. The molecule has 4 aromatic rings. The van der Waals surface area contributed by atoms with Gasteiger partial charge in [0.15, 0.2) is 5.13 Å². The Hall–Kier alpha value is -3.13. The molecule has 1 unspecified atom stereocenters. The van der Waals surface area contributed by atoms with Gasteiger partial charge < -0.3 is 16.0 Å². The van der Waals surface area contributed by atoms with Crippen LogP contribution in [0.5, 0.6) is 0 Å². The molecule has 1 fully saturated rings. The molecule has 0 bridgehead atoms. The zero-order chi connectivity index (χ0) is 19.5. The van der Waals surface area contributed by atoms with Crippen LogP contribution >= 0.6 is 11.3 Å². The average Bonchev–Trinajstić information content (AvgIpc) is 3.44. The summed E-state index contributed by atoms with van der Waals surface area (Å²) in [5.74, 6) is 0.243. The summed E-state index contributed by atoms with van der Waals surface area (Å²) in [4.78, 5) is 19.1. The monoisotopic (exact) mass is 404 g/mol. The Morgan fingerprint density at radius 3 is 3.03 bits per heavy atom. The largest absolute Gasteiger partial charge is 0.378 e. The van der Waals surface area contributed by atoms with Crippen LogP contribution in [0.25, 0.3) is 21.1 Å². The Bertz CT molecular complexity index is 1260. The van der Waals surface area contributed by atoms with Gasteiger partial charge in [-0.25, -0.2) is 4.98 Å². The van der Waals surface area contributed by atoms with Gasteiger partial charge in [-0.3, -0.25) is 9.89 Å². The van der Waals surface area contributed by atoms with Crippen LogP contribution in [0, 0.1) is 0 Å². The van der Waals surface area contributed by atoms with E-state index in [9.17, 15) is 4.79 Å². The highest BCUT2D eigenvalue weighted by atomic mass is 32.1. The van der Waals surface area contributed by atoms with Crippen molar-refractivity contribution in [2.75, 3.05) is 17.6 Å². The van der Waals surface area contributed by atoms with E-state index in [0.29, 0.717) is 11.6 Å². The van der Waals surface area contributed by atoms with Crippen molar-refractivity contribution < 1.29 is 4.79 Å². The summed E-state index contributed by atoms with van der Waals surface area (Å²) in [6, 6.07) is 10.6. The Kier molecular flexibility index (Phi) is 3.58. The second-order valence-corrected chi connectivity index (χ2v) is 8.84. The molecular formula is C21H20N6OS. The van der Waals surface area contributed by atoms with Crippen LogP contribution in [0.1, 0.15) is 42.5 Å². The molecule has 2 aliphatic heterocycles. The highest BCUT2D eigenvalue weighted by Gasteiger charge is 2.37. The lowest BCUT2D eigenvalue weighted by Crippen LogP contribution is -2.35. The molecule has 1 amide bonds. The van der Waals surface area contributed by atoms with Crippen molar-refractivity contribution in [3.05, 3.63) is 47.7 Å². The SMILES string of the molecule is Nc1nc2ccc([C@H]3CC(N4CCCC4=O)c4c(ccc5[nH]ncc45)N3)cc2s1.